The number of carbonyl (C=O) groups is 1. The predicted octanol–water partition coefficient (Wildman–Crippen LogP) is 4.94. The van der Waals surface area contributed by atoms with Crippen LogP contribution in [0.5, 0.6) is 5.75 Å². The average Bonchev–Trinajstić information content (AvgIpc) is 2.61. The number of para-hydroxylation sites is 1. The van der Waals surface area contributed by atoms with Crippen LogP contribution in [0.2, 0.25) is 0 Å². The normalized spacial score (nSPS) is 11.9. The number of amides is 1. The number of carbonyl (C=O) groups excluding carboxylic acids is 1. The second kappa shape index (κ2) is 7.18. The Labute approximate surface area is 142 Å². The van der Waals surface area contributed by atoms with Gasteiger partial charge in [-0.1, -0.05) is 55.5 Å². The molecule has 3 nitrogen and oxygen atoms in total. The number of nitrogens with one attached hydrogen (secondary N) is 1. The first-order chi connectivity index (χ1) is 11.7. The van der Waals surface area contributed by atoms with Gasteiger partial charge in [-0.15, -0.1) is 0 Å². The molecule has 0 saturated carbocycles. The monoisotopic (exact) mass is 319 g/mol. The molecule has 3 heteroatoms. The van der Waals surface area contributed by atoms with Gasteiger partial charge in [0.1, 0.15) is 5.75 Å². The molecule has 122 valence electrons. The van der Waals surface area contributed by atoms with Gasteiger partial charge in [-0.3, -0.25) is 4.79 Å². The molecule has 0 aliphatic heterocycles. The van der Waals surface area contributed by atoms with E-state index in [-0.39, 0.29) is 5.91 Å². The molecule has 0 spiro atoms. The van der Waals surface area contributed by atoms with Crippen molar-refractivity contribution in [3.05, 3.63) is 72.3 Å². The van der Waals surface area contributed by atoms with Crippen LogP contribution in [0.15, 0.2) is 66.7 Å². The van der Waals surface area contributed by atoms with Crippen LogP contribution in [-0.2, 0) is 4.79 Å². The summed E-state index contributed by atoms with van der Waals surface area (Å²) in [6, 6.07) is 21.7. The van der Waals surface area contributed by atoms with Gasteiger partial charge in [-0.2, -0.15) is 0 Å². The highest BCUT2D eigenvalue weighted by Gasteiger charge is 2.19. The third-order valence-electron chi connectivity index (χ3n) is 4.04. The third kappa shape index (κ3) is 3.57. The van der Waals surface area contributed by atoms with Crippen LogP contribution in [0, 0.1) is 6.92 Å². The quantitative estimate of drug-likeness (QED) is 0.723. The van der Waals surface area contributed by atoms with Crippen LogP contribution >= 0.6 is 0 Å². The maximum Gasteiger partial charge on any atom is 0.265 e. The van der Waals surface area contributed by atoms with Gasteiger partial charge in [0.15, 0.2) is 6.10 Å². The molecule has 3 aromatic carbocycles. The van der Waals surface area contributed by atoms with E-state index in [0.29, 0.717) is 6.42 Å². The number of rotatable bonds is 5. The summed E-state index contributed by atoms with van der Waals surface area (Å²) in [5.41, 5.74) is 1.81. The van der Waals surface area contributed by atoms with Crippen molar-refractivity contribution >= 4 is 22.4 Å². The minimum absolute atomic E-state index is 0.129. The van der Waals surface area contributed by atoms with Crippen LogP contribution in [0.1, 0.15) is 18.9 Å². The van der Waals surface area contributed by atoms with Gasteiger partial charge < -0.3 is 10.1 Å². The fourth-order valence-electron chi connectivity index (χ4n) is 2.65. The van der Waals surface area contributed by atoms with E-state index in [1.165, 1.54) is 0 Å². The second-order valence-electron chi connectivity index (χ2n) is 5.83. The van der Waals surface area contributed by atoms with E-state index >= 15 is 0 Å². The van der Waals surface area contributed by atoms with Crippen molar-refractivity contribution < 1.29 is 9.53 Å². The Kier molecular flexibility index (Phi) is 4.80. The lowest BCUT2D eigenvalue weighted by Crippen LogP contribution is -2.32. The van der Waals surface area contributed by atoms with E-state index in [2.05, 4.69) is 11.4 Å². The molecule has 1 amide bonds. The Balaban J connectivity index is 1.75. The van der Waals surface area contributed by atoms with Crippen LogP contribution in [-0.4, -0.2) is 12.0 Å². The largest absolute Gasteiger partial charge is 0.480 e. The van der Waals surface area contributed by atoms with Crippen molar-refractivity contribution in [2.45, 2.75) is 26.4 Å². The van der Waals surface area contributed by atoms with Gasteiger partial charge in [-0.05, 0) is 47.9 Å². The number of hydrogen-bond acceptors (Lipinski definition) is 2. The highest BCUT2D eigenvalue weighted by atomic mass is 16.5. The zero-order valence-corrected chi connectivity index (χ0v) is 14.0. The summed E-state index contributed by atoms with van der Waals surface area (Å²) in [4.78, 5) is 12.6. The van der Waals surface area contributed by atoms with Crippen molar-refractivity contribution in [3.8, 4) is 5.75 Å². The summed E-state index contributed by atoms with van der Waals surface area (Å²) >= 11 is 0. The topological polar surface area (TPSA) is 38.3 Å². The van der Waals surface area contributed by atoms with Crippen molar-refractivity contribution in [1.82, 2.24) is 0 Å². The number of ether oxygens (including phenoxy) is 1. The summed E-state index contributed by atoms with van der Waals surface area (Å²) in [5.74, 6) is 0.619. The highest BCUT2D eigenvalue weighted by Crippen LogP contribution is 2.21. The van der Waals surface area contributed by atoms with Gasteiger partial charge in [0, 0.05) is 5.69 Å². The standard InChI is InChI=1S/C21H21NO2/c1-3-19(24-20-11-7-4-8-15(20)2)21(23)22-18-13-12-16-9-5-6-10-17(16)14-18/h4-14,19H,3H2,1-2H3,(H,22,23). The van der Waals surface area contributed by atoms with E-state index in [9.17, 15) is 4.79 Å². The summed E-state index contributed by atoms with van der Waals surface area (Å²) < 4.78 is 5.90. The molecule has 1 unspecified atom stereocenters. The molecule has 1 atom stereocenters. The van der Waals surface area contributed by atoms with Crippen LogP contribution in [0.3, 0.4) is 0 Å². The Hall–Kier alpha value is -2.81. The fraction of sp³-hybridized carbons (Fsp3) is 0.190. The third-order valence-corrected chi connectivity index (χ3v) is 4.04. The van der Waals surface area contributed by atoms with Crippen LogP contribution < -0.4 is 10.1 Å². The van der Waals surface area contributed by atoms with E-state index in [1.807, 2.05) is 74.5 Å². The first kappa shape index (κ1) is 16.1. The molecule has 0 bridgehead atoms. The molecule has 3 aromatic rings. The number of aryl methyl sites for hydroxylation is 1. The van der Waals surface area contributed by atoms with E-state index in [1.54, 1.807) is 0 Å². The summed E-state index contributed by atoms with van der Waals surface area (Å²) in [6.07, 6.45) is 0.0888. The molecular formula is C21H21NO2. The number of hydrogen-bond donors (Lipinski definition) is 1. The Bertz CT molecular complexity index is 857. The molecule has 24 heavy (non-hydrogen) atoms. The molecule has 0 aromatic heterocycles. The summed E-state index contributed by atoms with van der Waals surface area (Å²) in [6.45, 7) is 3.92. The lowest BCUT2D eigenvalue weighted by molar-refractivity contribution is -0.122. The van der Waals surface area contributed by atoms with Gasteiger partial charge in [-0.25, -0.2) is 0 Å². The van der Waals surface area contributed by atoms with Gasteiger partial charge in [0.05, 0.1) is 0 Å². The lowest BCUT2D eigenvalue weighted by Gasteiger charge is -2.18. The predicted molar refractivity (Wildman–Crippen MR) is 98.5 cm³/mol. The average molecular weight is 319 g/mol. The molecule has 1 N–H and O–H groups in total. The second-order valence-corrected chi connectivity index (χ2v) is 5.83. The van der Waals surface area contributed by atoms with E-state index in [0.717, 1.165) is 27.8 Å². The molecule has 3 rings (SSSR count). The van der Waals surface area contributed by atoms with Crippen LogP contribution in [0.25, 0.3) is 10.8 Å². The minimum Gasteiger partial charge on any atom is -0.480 e. The van der Waals surface area contributed by atoms with E-state index in [4.69, 9.17) is 4.74 Å². The number of fused-ring (bicyclic) bond motifs is 1. The van der Waals surface area contributed by atoms with Crippen molar-refractivity contribution in [2.24, 2.45) is 0 Å². The SMILES string of the molecule is CCC(Oc1ccccc1C)C(=O)Nc1ccc2ccccc2c1. The first-order valence-electron chi connectivity index (χ1n) is 8.19. The van der Waals surface area contributed by atoms with Crippen molar-refractivity contribution in [2.75, 3.05) is 5.32 Å². The smallest absolute Gasteiger partial charge is 0.265 e. The van der Waals surface area contributed by atoms with Gasteiger partial charge >= 0.3 is 0 Å². The van der Waals surface area contributed by atoms with Crippen molar-refractivity contribution in [1.29, 1.82) is 0 Å². The molecular weight excluding hydrogens is 298 g/mol. The summed E-state index contributed by atoms with van der Waals surface area (Å²) in [5, 5.41) is 5.21. The molecule has 0 radical (unpaired) electrons. The Morgan fingerprint density at radius 2 is 1.71 bits per heavy atom. The first-order valence-corrected chi connectivity index (χ1v) is 8.19. The molecule has 0 aliphatic rings. The van der Waals surface area contributed by atoms with Gasteiger partial charge in [0.2, 0.25) is 0 Å². The summed E-state index contributed by atoms with van der Waals surface area (Å²) in [7, 11) is 0. The Morgan fingerprint density at radius 1 is 1.00 bits per heavy atom. The molecule has 0 aliphatic carbocycles. The zero-order chi connectivity index (χ0) is 16.9. The zero-order valence-electron chi connectivity index (χ0n) is 14.0. The fourth-order valence-corrected chi connectivity index (χ4v) is 2.65. The maximum absolute atomic E-state index is 12.6. The Morgan fingerprint density at radius 3 is 2.46 bits per heavy atom. The molecule has 0 heterocycles. The van der Waals surface area contributed by atoms with Crippen LogP contribution in [0.4, 0.5) is 5.69 Å². The highest BCUT2D eigenvalue weighted by molar-refractivity contribution is 5.96. The molecule has 0 saturated heterocycles. The maximum atomic E-state index is 12.6. The molecule has 0 fully saturated rings. The number of benzene rings is 3. The minimum atomic E-state index is -0.516. The lowest BCUT2D eigenvalue weighted by atomic mass is 10.1. The van der Waals surface area contributed by atoms with Gasteiger partial charge in [0.25, 0.3) is 5.91 Å². The van der Waals surface area contributed by atoms with E-state index < -0.39 is 6.10 Å². The number of anilines is 1. The van der Waals surface area contributed by atoms with Crippen molar-refractivity contribution in [3.63, 3.8) is 0 Å².